The fourth-order valence-corrected chi connectivity index (χ4v) is 1.85. The molecule has 0 fully saturated rings. The summed E-state index contributed by atoms with van der Waals surface area (Å²) in [4.78, 5) is 3.71. The average Bonchev–Trinajstić information content (AvgIpc) is 2.32. The smallest absolute Gasteiger partial charge is 0.249 e. The normalized spacial score (nSPS) is 11.6. The van der Waals surface area contributed by atoms with Gasteiger partial charge in [-0.15, -0.1) is 10.2 Å². The van der Waals surface area contributed by atoms with Crippen LogP contribution in [0.2, 0.25) is 5.15 Å². The number of hydrogen-bond acceptors (Lipinski definition) is 4. The second-order valence-corrected chi connectivity index (χ2v) is 4.61. The van der Waals surface area contributed by atoms with Gasteiger partial charge in [0, 0.05) is 6.20 Å². The molecule has 94 valence electrons. The number of aromatic nitrogens is 3. The molecule has 0 aliphatic heterocycles. The molecule has 0 amide bonds. The number of rotatable bonds is 2. The molecule has 0 saturated heterocycles. The molecule has 0 aliphatic rings. The van der Waals surface area contributed by atoms with Crippen molar-refractivity contribution in [2.24, 2.45) is 0 Å². The van der Waals surface area contributed by atoms with E-state index < -0.39 is 11.7 Å². The van der Waals surface area contributed by atoms with Crippen molar-refractivity contribution in [3.8, 4) is 0 Å². The molecule has 0 atom stereocenters. The van der Waals surface area contributed by atoms with Crippen LogP contribution >= 0.6 is 23.4 Å². The minimum atomic E-state index is -4.38. The molecule has 8 heteroatoms. The van der Waals surface area contributed by atoms with Crippen LogP contribution in [0.25, 0.3) is 0 Å². The van der Waals surface area contributed by atoms with Crippen molar-refractivity contribution in [2.45, 2.75) is 16.2 Å². The van der Waals surface area contributed by atoms with Gasteiger partial charge < -0.3 is 0 Å². The molecule has 0 aromatic carbocycles. The minimum Gasteiger partial charge on any atom is -0.249 e. The first-order valence-corrected chi connectivity index (χ1v) is 5.85. The largest absolute Gasteiger partial charge is 0.417 e. The van der Waals surface area contributed by atoms with E-state index in [2.05, 4.69) is 15.2 Å². The van der Waals surface area contributed by atoms with Gasteiger partial charge in [0.25, 0.3) is 0 Å². The lowest BCUT2D eigenvalue weighted by Crippen LogP contribution is -2.05. The third kappa shape index (κ3) is 3.33. The molecule has 0 radical (unpaired) electrons. The molecule has 0 N–H and O–H groups in total. The molecule has 2 rings (SSSR count). The first-order valence-electron chi connectivity index (χ1n) is 4.65. The van der Waals surface area contributed by atoms with E-state index in [4.69, 9.17) is 11.6 Å². The van der Waals surface area contributed by atoms with Crippen molar-refractivity contribution in [1.29, 1.82) is 0 Å². The van der Waals surface area contributed by atoms with E-state index in [1.807, 2.05) is 0 Å². The Labute approximate surface area is 109 Å². The van der Waals surface area contributed by atoms with Crippen LogP contribution in [0.1, 0.15) is 5.56 Å². The summed E-state index contributed by atoms with van der Waals surface area (Å²) in [5, 5.41) is 8.54. The maximum atomic E-state index is 12.3. The highest BCUT2D eigenvalue weighted by molar-refractivity contribution is 7.99. The van der Waals surface area contributed by atoms with Gasteiger partial charge in [-0.2, -0.15) is 13.2 Å². The molecular formula is C10H5ClF3N3S. The van der Waals surface area contributed by atoms with Crippen molar-refractivity contribution >= 4 is 23.4 Å². The Bertz CT molecular complexity index is 528. The summed E-state index contributed by atoms with van der Waals surface area (Å²) in [6.45, 7) is 0. The molecule has 0 bridgehead atoms. The van der Waals surface area contributed by atoms with Gasteiger partial charge in [0.2, 0.25) is 0 Å². The molecule has 0 spiro atoms. The zero-order chi connectivity index (χ0) is 13.2. The van der Waals surface area contributed by atoms with Crippen LogP contribution in [0.3, 0.4) is 0 Å². The lowest BCUT2D eigenvalue weighted by molar-refractivity contribution is -0.137. The highest BCUT2D eigenvalue weighted by Gasteiger charge is 2.30. The number of nitrogens with zero attached hydrogens (tertiary/aromatic N) is 3. The Hall–Kier alpha value is -1.34. The Morgan fingerprint density at radius 3 is 2.22 bits per heavy atom. The quantitative estimate of drug-likeness (QED) is 0.846. The molecule has 2 aromatic rings. The Morgan fingerprint density at radius 2 is 1.72 bits per heavy atom. The van der Waals surface area contributed by atoms with Crippen LogP contribution in [0.5, 0.6) is 0 Å². The van der Waals surface area contributed by atoms with Gasteiger partial charge in [-0.3, -0.25) is 0 Å². The summed E-state index contributed by atoms with van der Waals surface area (Å²) in [6.07, 6.45) is -3.60. The second kappa shape index (κ2) is 5.11. The summed E-state index contributed by atoms with van der Waals surface area (Å²) >= 11 is 6.67. The zero-order valence-corrected chi connectivity index (χ0v) is 10.2. The fraction of sp³-hybridized carbons (Fsp3) is 0.100. The van der Waals surface area contributed by atoms with Crippen LogP contribution in [0.15, 0.2) is 40.5 Å². The summed E-state index contributed by atoms with van der Waals surface area (Å²) < 4.78 is 36.9. The van der Waals surface area contributed by atoms with Crippen molar-refractivity contribution in [1.82, 2.24) is 15.2 Å². The van der Waals surface area contributed by atoms with E-state index in [-0.39, 0.29) is 5.15 Å². The van der Waals surface area contributed by atoms with E-state index in [1.165, 1.54) is 6.07 Å². The average molecular weight is 292 g/mol. The van der Waals surface area contributed by atoms with E-state index in [0.717, 1.165) is 24.0 Å². The first-order chi connectivity index (χ1) is 8.45. The molecule has 0 aliphatic carbocycles. The standard InChI is InChI=1S/C10H5ClF3N3S/c11-7-2-4-9(17-16-7)18-8-3-1-6(5-15-8)10(12,13)14/h1-5H. The van der Waals surface area contributed by atoms with Crippen molar-refractivity contribution < 1.29 is 13.2 Å². The molecular weight excluding hydrogens is 287 g/mol. The van der Waals surface area contributed by atoms with Crippen LogP contribution in [0, 0.1) is 0 Å². The van der Waals surface area contributed by atoms with E-state index >= 15 is 0 Å². The third-order valence-corrected chi connectivity index (χ3v) is 2.96. The van der Waals surface area contributed by atoms with E-state index in [1.54, 1.807) is 12.1 Å². The van der Waals surface area contributed by atoms with Crippen LogP contribution in [-0.2, 0) is 6.18 Å². The summed E-state index contributed by atoms with van der Waals surface area (Å²) in [5.41, 5.74) is -0.783. The van der Waals surface area contributed by atoms with Crippen molar-refractivity contribution in [2.75, 3.05) is 0 Å². The minimum absolute atomic E-state index is 0.250. The highest BCUT2D eigenvalue weighted by atomic mass is 35.5. The predicted octanol–water partition coefficient (Wildman–Crippen LogP) is 3.70. The van der Waals surface area contributed by atoms with Gasteiger partial charge in [0.1, 0.15) is 10.1 Å². The van der Waals surface area contributed by atoms with Crippen LogP contribution < -0.4 is 0 Å². The third-order valence-electron chi connectivity index (χ3n) is 1.88. The lowest BCUT2D eigenvalue weighted by Gasteiger charge is -2.06. The molecule has 0 unspecified atom stereocenters. The summed E-state index contributed by atoms with van der Waals surface area (Å²) in [7, 11) is 0. The highest BCUT2D eigenvalue weighted by Crippen LogP contribution is 2.30. The van der Waals surface area contributed by atoms with E-state index in [9.17, 15) is 13.2 Å². The van der Waals surface area contributed by atoms with Crippen LogP contribution in [0.4, 0.5) is 13.2 Å². The van der Waals surface area contributed by atoms with Gasteiger partial charge >= 0.3 is 6.18 Å². The molecule has 2 heterocycles. The Kier molecular flexibility index (Phi) is 3.72. The number of hydrogen-bond donors (Lipinski definition) is 0. The van der Waals surface area contributed by atoms with Gasteiger partial charge in [0.15, 0.2) is 5.15 Å². The summed E-state index contributed by atoms with van der Waals surface area (Å²) in [6, 6.07) is 5.41. The number of halogens is 4. The fourth-order valence-electron chi connectivity index (χ4n) is 1.07. The van der Waals surface area contributed by atoms with Crippen LogP contribution in [-0.4, -0.2) is 15.2 Å². The first kappa shape index (κ1) is 13.1. The SMILES string of the molecule is FC(F)(F)c1ccc(Sc2ccc(Cl)nn2)nc1. The van der Waals surface area contributed by atoms with Crippen molar-refractivity contribution in [3.05, 3.63) is 41.2 Å². The second-order valence-electron chi connectivity index (χ2n) is 3.18. The molecule has 18 heavy (non-hydrogen) atoms. The van der Waals surface area contributed by atoms with Gasteiger partial charge in [0.05, 0.1) is 5.56 Å². The maximum Gasteiger partial charge on any atom is 0.417 e. The monoisotopic (exact) mass is 291 g/mol. The zero-order valence-electron chi connectivity index (χ0n) is 8.65. The van der Waals surface area contributed by atoms with Gasteiger partial charge in [-0.25, -0.2) is 4.98 Å². The number of alkyl halides is 3. The van der Waals surface area contributed by atoms with E-state index in [0.29, 0.717) is 10.1 Å². The molecule has 0 saturated carbocycles. The molecule has 2 aromatic heterocycles. The van der Waals surface area contributed by atoms with Gasteiger partial charge in [-0.1, -0.05) is 11.6 Å². The summed E-state index contributed by atoms with van der Waals surface area (Å²) in [5.74, 6) is 0. The Morgan fingerprint density at radius 1 is 1.00 bits per heavy atom. The molecule has 3 nitrogen and oxygen atoms in total. The Balaban J connectivity index is 2.13. The number of pyridine rings is 1. The van der Waals surface area contributed by atoms with Crippen molar-refractivity contribution in [3.63, 3.8) is 0 Å². The predicted molar refractivity (Wildman–Crippen MR) is 60.4 cm³/mol. The topological polar surface area (TPSA) is 38.7 Å². The van der Waals surface area contributed by atoms with Gasteiger partial charge in [-0.05, 0) is 36.0 Å². The lowest BCUT2D eigenvalue weighted by atomic mass is 10.3. The maximum absolute atomic E-state index is 12.3.